The molecule has 2 aliphatic rings. The van der Waals surface area contributed by atoms with Crippen molar-refractivity contribution in [1.29, 1.82) is 0 Å². The van der Waals surface area contributed by atoms with Crippen molar-refractivity contribution < 1.29 is 13.2 Å². The van der Waals surface area contributed by atoms with Gasteiger partial charge in [0.05, 0.1) is 23.8 Å². The molecule has 1 amide bonds. The first-order valence-electron chi connectivity index (χ1n) is 10.2. The molecule has 0 radical (unpaired) electrons. The maximum Gasteiger partial charge on any atom is 0.225 e. The van der Waals surface area contributed by atoms with Crippen LogP contribution in [-0.4, -0.2) is 83.9 Å². The summed E-state index contributed by atoms with van der Waals surface area (Å²) in [6, 6.07) is 6.22. The number of piperidine rings is 1. The lowest BCUT2D eigenvalue weighted by Gasteiger charge is -2.37. The summed E-state index contributed by atoms with van der Waals surface area (Å²) in [4.78, 5) is 25.1. The number of aromatic nitrogens is 2. The monoisotopic (exact) mass is 419 g/mol. The first kappa shape index (κ1) is 20.3. The molecular formula is C20H29N5O3S. The molecule has 0 aliphatic carbocycles. The lowest BCUT2D eigenvalue weighted by molar-refractivity contribution is -0.138. The van der Waals surface area contributed by atoms with Crippen molar-refractivity contribution in [3.05, 3.63) is 29.6 Å². The molecule has 158 valence electrons. The van der Waals surface area contributed by atoms with Crippen molar-refractivity contribution in [3.8, 4) is 0 Å². The van der Waals surface area contributed by atoms with E-state index in [1.54, 1.807) is 0 Å². The Morgan fingerprint density at radius 1 is 1.14 bits per heavy atom. The van der Waals surface area contributed by atoms with Gasteiger partial charge in [0.15, 0.2) is 0 Å². The van der Waals surface area contributed by atoms with Crippen molar-refractivity contribution >= 4 is 27.0 Å². The van der Waals surface area contributed by atoms with E-state index in [-0.39, 0.29) is 11.8 Å². The van der Waals surface area contributed by atoms with Crippen LogP contribution in [0.2, 0.25) is 0 Å². The minimum absolute atomic E-state index is 0.0364. The Kier molecular flexibility index (Phi) is 5.63. The van der Waals surface area contributed by atoms with Crippen molar-refractivity contribution in [2.45, 2.75) is 26.3 Å². The van der Waals surface area contributed by atoms with Crippen LogP contribution in [0.5, 0.6) is 0 Å². The summed E-state index contributed by atoms with van der Waals surface area (Å²) in [5, 5.41) is 0. The molecule has 8 nitrogen and oxygen atoms in total. The Balaban J connectivity index is 1.28. The fourth-order valence-corrected chi connectivity index (χ4v) is 5.13. The summed E-state index contributed by atoms with van der Waals surface area (Å²) in [6.07, 6.45) is 2.90. The van der Waals surface area contributed by atoms with Gasteiger partial charge >= 0.3 is 0 Å². The number of benzene rings is 1. The van der Waals surface area contributed by atoms with Gasteiger partial charge < -0.3 is 9.88 Å². The van der Waals surface area contributed by atoms with E-state index < -0.39 is 10.0 Å². The minimum Gasteiger partial charge on any atom is -0.341 e. The minimum atomic E-state index is -3.17. The third-order valence-electron chi connectivity index (χ3n) is 6.02. The lowest BCUT2D eigenvalue weighted by Crippen LogP contribution is -2.52. The third kappa shape index (κ3) is 4.62. The van der Waals surface area contributed by atoms with Crippen molar-refractivity contribution in [3.63, 3.8) is 0 Å². The highest BCUT2D eigenvalue weighted by atomic mass is 32.2. The number of piperazine rings is 1. The zero-order chi connectivity index (χ0) is 20.6. The number of nitrogens with one attached hydrogen (secondary N) is 1. The Hall–Kier alpha value is -1.97. The van der Waals surface area contributed by atoms with Crippen LogP contribution in [0.4, 0.5) is 0 Å². The summed E-state index contributed by atoms with van der Waals surface area (Å²) in [7, 11) is -3.17. The van der Waals surface area contributed by atoms with Crippen molar-refractivity contribution in [2.75, 3.05) is 45.5 Å². The molecule has 2 saturated heterocycles. The zero-order valence-electron chi connectivity index (χ0n) is 17.1. The second-order valence-corrected chi connectivity index (χ2v) is 10.2. The van der Waals surface area contributed by atoms with Gasteiger partial charge in [-0.2, -0.15) is 4.31 Å². The quantitative estimate of drug-likeness (QED) is 0.804. The topological polar surface area (TPSA) is 89.6 Å². The number of aryl methyl sites for hydroxylation is 1. The fourth-order valence-electron chi connectivity index (χ4n) is 4.30. The lowest BCUT2D eigenvalue weighted by atomic mass is 9.95. The molecule has 3 heterocycles. The molecule has 0 saturated carbocycles. The van der Waals surface area contributed by atoms with E-state index in [2.05, 4.69) is 33.9 Å². The molecule has 4 rings (SSSR count). The van der Waals surface area contributed by atoms with Crippen LogP contribution in [0.15, 0.2) is 18.2 Å². The number of nitrogens with zero attached hydrogens (tertiary/aromatic N) is 4. The number of hydrogen-bond donors (Lipinski definition) is 1. The zero-order valence-corrected chi connectivity index (χ0v) is 17.9. The molecule has 0 atom stereocenters. The molecule has 2 fully saturated rings. The van der Waals surface area contributed by atoms with Crippen LogP contribution >= 0.6 is 0 Å². The molecule has 1 aromatic heterocycles. The SMILES string of the molecule is Cc1ccc2nc(CN3CCC(C(=O)N4CCN(S(C)(=O)=O)CC4)CC3)[nH]c2c1. The third-order valence-corrected chi connectivity index (χ3v) is 7.32. The Morgan fingerprint density at radius 2 is 1.83 bits per heavy atom. The van der Waals surface area contributed by atoms with Crippen LogP contribution in [0.3, 0.4) is 0 Å². The number of hydrogen-bond acceptors (Lipinski definition) is 5. The second kappa shape index (κ2) is 8.04. The second-order valence-electron chi connectivity index (χ2n) is 8.24. The first-order chi connectivity index (χ1) is 13.8. The number of carbonyl (C=O) groups is 1. The van der Waals surface area contributed by atoms with Gasteiger partial charge in [0.25, 0.3) is 0 Å². The molecule has 1 N–H and O–H groups in total. The molecule has 2 aliphatic heterocycles. The summed E-state index contributed by atoms with van der Waals surface area (Å²) >= 11 is 0. The molecule has 9 heteroatoms. The molecule has 0 spiro atoms. The summed E-state index contributed by atoms with van der Waals surface area (Å²) in [6.45, 7) is 6.36. The van der Waals surface area contributed by atoms with E-state index >= 15 is 0 Å². The van der Waals surface area contributed by atoms with E-state index in [9.17, 15) is 13.2 Å². The van der Waals surface area contributed by atoms with E-state index in [0.29, 0.717) is 26.2 Å². The standard InChI is InChI=1S/C20H29N5O3S/c1-15-3-4-17-18(13-15)22-19(21-17)14-23-7-5-16(6-8-23)20(26)24-9-11-25(12-10-24)29(2,27)28/h3-4,13,16H,5-12,14H2,1-2H3,(H,21,22). The summed E-state index contributed by atoms with van der Waals surface area (Å²) < 4.78 is 24.7. The van der Waals surface area contributed by atoms with Crippen LogP contribution in [-0.2, 0) is 21.4 Å². The van der Waals surface area contributed by atoms with Gasteiger partial charge in [0.1, 0.15) is 5.82 Å². The first-order valence-corrected chi connectivity index (χ1v) is 12.1. The fraction of sp³-hybridized carbons (Fsp3) is 0.600. The Bertz CT molecular complexity index is 987. The average molecular weight is 420 g/mol. The van der Waals surface area contributed by atoms with Gasteiger partial charge in [-0.15, -0.1) is 0 Å². The van der Waals surface area contributed by atoms with Crippen LogP contribution < -0.4 is 0 Å². The Morgan fingerprint density at radius 3 is 2.48 bits per heavy atom. The number of aromatic amines is 1. The average Bonchev–Trinajstić information content (AvgIpc) is 3.09. The number of amides is 1. The number of H-pyrrole nitrogens is 1. The predicted molar refractivity (Wildman–Crippen MR) is 112 cm³/mol. The molecule has 29 heavy (non-hydrogen) atoms. The largest absolute Gasteiger partial charge is 0.341 e. The highest BCUT2D eigenvalue weighted by Gasteiger charge is 2.32. The summed E-state index contributed by atoms with van der Waals surface area (Å²) in [5.74, 6) is 1.18. The van der Waals surface area contributed by atoms with Crippen molar-refractivity contribution in [1.82, 2.24) is 24.1 Å². The van der Waals surface area contributed by atoms with Crippen LogP contribution in [0.25, 0.3) is 11.0 Å². The number of rotatable bonds is 4. The number of likely N-dealkylation sites (tertiary alicyclic amines) is 1. The number of sulfonamides is 1. The Labute approximate surface area is 171 Å². The van der Waals surface area contributed by atoms with Gasteiger partial charge in [0.2, 0.25) is 15.9 Å². The highest BCUT2D eigenvalue weighted by molar-refractivity contribution is 7.88. The van der Waals surface area contributed by atoms with Gasteiger partial charge in [-0.3, -0.25) is 9.69 Å². The number of imidazole rings is 1. The number of fused-ring (bicyclic) bond motifs is 1. The van der Waals surface area contributed by atoms with E-state index in [4.69, 9.17) is 0 Å². The van der Waals surface area contributed by atoms with Crippen molar-refractivity contribution in [2.24, 2.45) is 5.92 Å². The van der Waals surface area contributed by atoms with E-state index in [0.717, 1.165) is 49.3 Å². The number of carbonyl (C=O) groups excluding carboxylic acids is 1. The van der Waals surface area contributed by atoms with Crippen LogP contribution in [0, 0.1) is 12.8 Å². The molecular weight excluding hydrogens is 390 g/mol. The smallest absolute Gasteiger partial charge is 0.225 e. The molecule has 1 aromatic carbocycles. The maximum absolute atomic E-state index is 12.8. The highest BCUT2D eigenvalue weighted by Crippen LogP contribution is 2.22. The summed E-state index contributed by atoms with van der Waals surface area (Å²) in [5.41, 5.74) is 3.27. The molecule has 2 aromatic rings. The van der Waals surface area contributed by atoms with Gasteiger partial charge in [-0.05, 0) is 50.6 Å². The van der Waals surface area contributed by atoms with E-state index in [1.807, 2.05) is 11.0 Å². The van der Waals surface area contributed by atoms with Gasteiger partial charge in [-0.25, -0.2) is 13.4 Å². The van der Waals surface area contributed by atoms with E-state index in [1.165, 1.54) is 16.1 Å². The molecule has 0 bridgehead atoms. The van der Waals surface area contributed by atoms with Gasteiger partial charge in [0, 0.05) is 32.1 Å². The predicted octanol–water partition coefficient (Wildman–Crippen LogP) is 1.19. The maximum atomic E-state index is 12.8. The molecule has 0 unspecified atom stereocenters. The normalized spacial score (nSPS) is 20.4. The van der Waals surface area contributed by atoms with Gasteiger partial charge in [-0.1, -0.05) is 6.07 Å². The van der Waals surface area contributed by atoms with Crippen LogP contribution in [0.1, 0.15) is 24.2 Å².